The second kappa shape index (κ2) is 8.44. The summed E-state index contributed by atoms with van der Waals surface area (Å²) < 4.78 is 6.43. The Kier molecular flexibility index (Phi) is 5.72. The summed E-state index contributed by atoms with van der Waals surface area (Å²) in [6.07, 6.45) is 0.364. The lowest BCUT2D eigenvalue weighted by Crippen LogP contribution is -2.36. The van der Waals surface area contributed by atoms with Crippen LogP contribution in [0.1, 0.15) is 43.2 Å². The molecule has 30 heavy (non-hydrogen) atoms. The van der Waals surface area contributed by atoms with Crippen LogP contribution in [-0.2, 0) is 4.79 Å². The number of rotatable bonds is 4. The average molecular weight is 421 g/mol. The van der Waals surface area contributed by atoms with Crippen molar-refractivity contribution in [1.82, 2.24) is 15.2 Å². The molecule has 0 radical (unpaired) electrons. The van der Waals surface area contributed by atoms with Crippen LogP contribution in [0.4, 0.5) is 5.69 Å². The van der Waals surface area contributed by atoms with E-state index >= 15 is 0 Å². The number of anilines is 1. The van der Waals surface area contributed by atoms with E-state index in [9.17, 15) is 4.79 Å². The summed E-state index contributed by atoms with van der Waals surface area (Å²) in [6.45, 7) is 7.71. The zero-order valence-corrected chi connectivity index (χ0v) is 18.4. The number of nitrogens with zero attached hydrogens (tertiary/aromatic N) is 4. The molecule has 0 unspecified atom stereocenters. The van der Waals surface area contributed by atoms with E-state index in [2.05, 4.69) is 34.2 Å². The van der Waals surface area contributed by atoms with Crippen molar-refractivity contribution in [3.63, 3.8) is 0 Å². The quantitative estimate of drug-likeness (QED) is 0.547. The highest BCUT2D eigenvalue weighted by atomic mass is 32.2. The Morgan fingerprint density at radius 2 is 1.97 bits per heavy atom. The summed E-state index contributed by atoms with van der Waals surface area (Å²) >= 11 is 1.55. The van der Waals surface area contributed by atoms with Gasteiger partial charge in [-0.2, -0.15) is 4.98 Å². The molecule has 1 atom stereocenters. The van der Waals surface area contributed by atoms with Gasteiger partial charge in [-0.15, -0.1) is 10.2 Å². The molecule has 2 heterocycles. The molecule has 1 amide bonds. The molecule has 3 aromatic rings. The van der Waals surface area contributed by atoms with Gasteiger partial charge in [-0.05, 0) is 31.9 Å². The van der Waals surface area contributed by atoms with Crippen molar-refractivity contribution in [2.45, 2.75) is 45.5 Å². The minimum absolute atomic E-state index is 0.116. The van der Waals surface area contributed by atoms with Crippen molar-refractivity contribution in [3.8, 4) is 17.1 Å². The molecule has 4 rings (SSSR count). The lowest BCUT2D eigenvalue weighted by atomic mass is 10.0. The summed E-state index contributed by atoms with van der Waals surface area (Å²) in [5, 5.41) is 9.30. The Hall–Kier alpha value is -2.93. The van der Waals surface area contributed by atoms with Gasteiger partial charge in [-0.1, -0.05) is 60.6 Å². The van der Waals surface area contributed by atoms with Gasteiger partial charge in [0.25, 0.3) is 0 Å². The molecule has 1 aliphatic heterocycles. The monoisotopic (exact) mass is 420 g/mol. The van der Waals surface area contributed by atoms with E-state index in [1.54, 1.807) is 23.6 Å². The molecule has 0 fully saturated rings. The number of para-hydroxylation sites is 1. The molecule has 0 N–H and O–H groups in total. The molecular weight excluding hydrogens is 396 g/mol. The van der Waals surface area contributed by atoms with Crippen molar-refractivity contribution in [3.05, 3.63) is 59.2 Å². The number of benzene rings is 2. The molecule has 0 aliphatic carbocycles. The van der Waals surface area contributed by atoms with E-state index in [0.29, 0.717) is 16.7 Å². The molecular formula is C23H24N4O2S. The predicted octanol–water partition coefficient (Wildman–Crippen LogP) is 5.10. The number of hydrogen-bond acceptors (Lipinski definition) is 6. The SMILES string of the molecule is CCCSc1nnc2c(n1)O[C@H](c1cc(C)ccc1C)N(C(C)=O)c1ccccc1-2. The van der Waals surface area contributed by atoms with Gasteiger partial charge in [-0.3, -0.25) is 9.69 Å². The zero-order valence-electron chi connectivity index (χ0n) is 17.5. The summed E-state index contributed by atoms with van der Waals surface area (Å²) in [5.41, 5.74) is 5.13. The van der Waals surface area contributed by atoms with Crippen LogP contribution in [0.3, 0.4) is 0 Å². The number of thioether (sulfide) groups is 1. The second-order valence-corrected chi connectivity index (χ2v) is 8.40. The number of hydrogen-bond donors (Lipinski definition) is 0. The number of carbonyl (C=O) groups excluding carboxylic acids is 1. The Morgan fingerprint density at radius 1 is 1.17 bits per heavy atom. The van der Waals surface area contributed by atoms with Crippen LogP contribution in [-0.4, -0.2) is 26.8 Å². The number of ether oxygens (including phenoxy) is 1. The standard InChI is InChI=1S/C23H24N4O2S/c1-5-12-30-23-24-21-20(25-26-23)17-8-6-7-9-19(17)27(16(4)28)22(29-21)18-13-14(2)10-11-15(18)3/h6-11,13,22H,5,12H2,1-4H3/t22-/m1/s1. The van der Waals surface area contributed by atoms with Crippen LogP contribution in [0.2, 0.25) is 0 Å². The number of aryl methyl sites for hydroxylation is 2. The van der Waals surface area contributed by atoms with Crippen molar-refractivity contribution in [2.24, 2.45) is 0 Å². The van der Waals surface area contributed by atoms with Gasteiger partial charge in [0.15, 0.2) is 5.69 Å². The lowest BCUT2D eigenvalue weighted by molar-refractivity contribution is -0.118. The number of amides is 1. The zero-order chi connectivity index (χ0) is 21.3. The van der Waals surface area contributed by atoms with Gasteiger partial charge in [0.05, 0.1) is 5.69 Å². The highest BCUT2D eigenvalue weighted by Gasteiger charge is 2.35. The smallest absolute Gasteiger partial charge is 0.247 e. The number of aromatic nitrogens is 3. The minimum Gasteiger partial charge on any atom is -0.447 e. The van der Waals surface area contributed by atoms with Gasteiger partial charge in [-0.25, -0.2) is 0 Å². The first-order valence-corrected chi connectivity index (χ1v) is 11.0. The molecule has 6 nitrogen and oxygen atoms in total. The maximum Gasteiger partial charge on any atom is 0.247 e. The predicted molar refractivity (Wildman–Crippen MR) is 119 cm³/mol. The summed E-state index contributed by atoms with van der Waals surface area (Å²) in [5.74, 6) is 1.18. The Balaban J connectivity index is 1.94. The van der Waals surface area contributed by atoms with Crippen LogP contribution < -0.4 is 9.64 Å². The first kappa shape index (κ1) is 20.3. The molecule has 154 valence electrons. The molecule has 0 spiro atoms. The van der Waals surface area contributed by atoms with Crippen LogP contribution in [0.15, 0.2) is 47.6 Å². The maximum absolute atomic E-state index is 12.8. The Labute approximate surface area is 180 Å². The van der Waals surface area contributed by atoms with E-state index < -0.39 is 6.23 Å². The number of carbonyl (C=O) groups is 1. The lowest BCUT2D eigenvalue weighted by Gasteiger charge is -2.31. The van der Waals surface area contributed by atoms with E-state index in [1.807, 2.05) is 44.2 Å². The molecule has 0 saturated carbocycles. The largest absolute Gasteiger partial charge is 0.447 e. The van der Waals surface area contributed by atoms with Crippen LogP contribution in [0, 0.1) is 13.8 Å². The van der Waals surface area contributed by atoms with Gasteiger partial charge in [0, 0.05) is 23.8 Å². The third-order valence-electron chi connectivity index (χ3n) is 4.99. The first-order chi connectivity index (χ1) is 14.5. The van der Waals surface area contributed by atoms with Crippen molar-refractivity contribution >= 4 is 23.4 Å². The van der Waals surface area contributed by atoms with Gasteiger partial charge in [0.1, 0.15) is 0 Å². The van der Waals surface area contributed by atoms with Crippen molar-refractivity contribution in [1.29, 1.82) is 0 Å². The van der Waals surface area contributed by atoms with E-state index in [-0.39, 0.29) is 5.91 Å². The van der Waals surface area contributed by atoms with Gasteiger partial charge in [0.2, 0.25) is 23.2 Å². The van der Waals surface area contributed by atoms with Crippen molar-refractivity contribution < 1.29 is 9.53 Å². The summed E-state index contributed by atoms with van der Waals surface area (Å²) in [4.78, 5) is 19.2. The van der Waals surface area contributed by atoms with E-state index in [0.717, 1.165) is 40.1 Å². The normalized spacial score (nSPS) is 15.1. The minimum atomic E-state index is -0.648. The topological polar surface area (TPSA) is 68.2 Å². The molecule has 1 aromatic heterocycles. The van der Waals surface area contributed by atoms with Crippen LogP contribution >= 0.6 is 11.8 Å². The number of fused-ring (bicyclic) bond motifs is 3. The van der Waals surface area contributed by atoms with Crippen molar-refractivity contribution in [2.75, 3.05) is 10.7 Å². The molecule has 2 aromatic carbocycles. The van der Waals surface area contributed by atoms with Crippen LogP contribution in [0.5, 0.6) is 5.88 Å². The molecule has 7 heteroatoms. The van der Waals surface area contributed by atoms with E-state index in [4.69, 9.17) is 4.74 Å². The fourth-order valence-corrected chi connectivity index (χ4v) is 4.17. The maximum atomic E-state index is 12.8. The molecule has 1 aliphatic rings. The highest BCUT2D eigenvalue weighted by Crippen LogP contribution is 2.43. The fourth-order valence-electron chi connectivity index (χ4n) is 3.54. The highest BCUT2D eigenvalue weighted by molar-refractivity contribution is 7.99. The third-order valence-corrected chi connectivity index (χ3v) is 6.03. The summed E-state index contributed by atoms with van der Waals surface area (Å²) in [6, 6.07) is 13.8. The van der Waals surface area contributed by atoms with Gasteiger partial charge >= 0.3 is 0 Å². The first-order valence-electron chi connectivity index (χ1n) is 10.00. The average Bonchev–Trinajstić information content (AvgIpc) is 2.88. The summed E-state index contributed by atoms with van der Waals surface area (Å²) in [7, 11) is 0. The second-order valence-electron chi connectivity index (χ2n) is 7.33. The molecule has 0 saturated heterocycles. The van der Waals surface area contributed by atoms with E-state index in [1.165, 1.54) is 0 Å². The van der Waals surface area contributed by atoms with Gasteiger partial charge < -0.3 is 4.74 Å². The third kappa shape index (κ3) is 3.77. The Morgan fingerprint density at radius 3 is 2.73 bits per heavy atom. The Bertz CT molecular complexity index is 1100. The van der Waals surface area contributed by atoms with Crippen LogP contribution in [0.25, 0.3) is 11.3 Å². The molecule has 0 bridgehead atoms. The fraction of sp³-hybridized carbons (Fsp3) is 0.304.